The van der Waals surface area contributed by atoms with Crippen LogP contribution in [-0.2, 0) is 10.0 Å². The van der Waals surface area contributed by atoms with Crippen LogP contribution in [0.1, 0.15) is 37.3 Å². The normalized spacial score (nSPS) is 17.9. The van der Waals surface area contributed by atoms with Crippen molar-refractivity contribution in [3.05, 3.63) is 23.8 Å². The zero-order valence-corrected chi connectivity index (χ0v) is 13.5. The van der Waals surface area contributed by atoms with Gasteiger partial charge in [-0.15, -0.1) is 0 Å². The van der Waals surface area contributed by atoms with Crippen molar-refractivity contribution < 1.29 is 17.4 Å². The molecule has 0 radical (unpaired) electrons. The molecule has 22 heavy (non-hydrogen) atoms. The van der Waals surface area contributed by atoms with Gasteiger partial charge in [-0.3, -0.25) is 0 Å². The first-order valence-electron chi connectivity index (χ1n) is 7.38. The Bertz CT molecular complexity index is 742. The van der Waals surface area contributed by atoms with Gasteiger partial charge in [0.15, 0.2) is 5.76 Å². The molecule has 7 nitrogen and oxygen atoms in total. The lowest BCUT2D eigenvalue weighted by Gasteiger charge is -2.29. The molecule has 0 unspecified atom stereocenters. The minimum absolute atomic E-state index is 0.0978. The van der Waals surface area contributed by atoms with Crippen molar-refractivity contribution in [2.75, 3.05) is 18.8 Å². The highest BCUT2D eigenvalue weighted by Crippen LogP contribution is 2.29. The van der Waals surface area contributed by atoms with Crippen molar-refractivity contribution in [3.8, 4) is 11.6 Å². The molecule has 8 heteroatoms. The highest BCUT2D eigenvalue weighted by Gasteiger charge is 2.30. The Hall–Kier alpha value is -1.67. The van der Waals surface area contributed by atoms with Crippen LogP contribution in [0, 0.1) is 6.92 Å². The molecule has 3 rings (SSSR count). The number of sulfonamides is 1. The molecular weight excluding hydrogens is 306 g/mol. The van der Waals surface area contributed by atoms with Crippen molar-refractivity contribution in [3.63, 3.8) is 0 Å². The van der Waals surface area contributed by atoms with Crippen molar-refractivity contribution in [1.29, 1.82) is 0 Å². The van der Waals surface area contributed by atoms with Gasteiger partial charge in [0, 0.05) is 19.0 Å². The number of piperidine rings is 1. The number of hydrogen-bond acceptors (Lipinski definition) is 6. The maximum absolute atomic E-state index is 11.9. The summed E-state index contributed by atoms with van der Waals surface area (Å²) in [6, 6.07) is 3.65. The smallest absolute Gasteiger partial charge is 0.238 e. The van der Waals surface area contributed by atoms with E-state index < -0.39 is 10.0 Å². The van der Waals surface area contributed by atoms with Crippen LogP contribution in [-0.4, -0.2) is 41.7 Å². The molecule has 1 aliphatic heterocycles. The van der Waals surface area contributed by atoms with Gasteiger partial charge in [-0.2, -0.15) is 4.98 Å². The van der Waals surface area contributed by atoms with Crippen LogP contribution in [0.15, 0.2) is 21.1 Å². The molecule has 2 aromatic heterocycles. The van der Waals surface area contributed by atoms with Crippen LogP contribution in [0.25, 0.3) is 11.6 Å². The topological polar surface area (TPSA) is 89.4 Å². The first-order chi connectivity index (χ1) is 10.5. The molecule has 2 aromatic rings. The second-order valence-electron chi connectivity index (χ2n) is 5.44. The molecule has 0 amide bonds. The number of hydrogen-bond donors (Lipinski definition) is 0. The maximum Gasteiger partial charge on any atom is 0.238 e. The predicted octanol–water partition coefficient (Wildman–Crippen LogP) is 2.17. The zero-order chi connectivity index (χ0) is 15.7. The van der Waals surface area contributed by atoms with Crippen molar-refractivity contribution >= 4 is 10.0 Å². The Morgan fingerprint density at radius 2 is 2.05 bits per heavy atom. The third kappa shape index (κ3) is 2.93. The van der Waals surface area contributed by atoms with E-state index in [-0.39, 0.29) is 11.7 Å². The Morgan fingerprint density at radius 3 is 2.64 bits per heavy atom. The fourth-order valence-electron chi connectivity index (χ4n) is 2.62. The lowest BCUT2D eigenvalue weighted by molar-refractivity contribution is 0.271. The molecule has 1 saturated heterocycles. The SMILES string of the molecule is CCS(=O)(=O)N1CCC(c2nc(-c3ccc(C)o3)no2)CC1. The maximum atomic E-state index is 11.9. The van der Waals surface area contributed by atoms with Crippen LogP contribution in [0.3, 0.4) is 0 Å². The molecule has 3 heterocycles. The van der Waals surface area contributed by atoms with E-state index in [4.69, 9.17) is 8.94 Å². The molecule has 0 saturated carbocycles. The van der Waals surface area contributed by atoms with E-state index in [2.05, 4.69) is 10.1 Å². The van der Waals surface area contributed by atoms with E-state index in [1.54, 1.807) is 13.0 Å². The summed E-state index contributed by atoms with van der Waals surface area (Å²) in [7, 11) is -3.11. The summed E-state index contributed by atoms with van der Waals surface area (Å²) in [4.78, 5) is 4.39. The van der Waals surface area contributed by atoms with Crippen LogP contribution >= 0.6 is 0 Å². The quantitative estimate of drug-likeness (QED) is 0.856. The van der Waals surface area contributed by atoms with Gasteiger partial charge < -0.3 is 8.94 Å². The summed E-state index contributed by atoms with van der Waals surface area (Å²) in [5.41, 5.74) is 0. The number of furan rings is 1. The Labute approximate surface area is 129 Å². The van der Waals surface area contributed by atoms with E-state index in [1.165, 1.54) is 4.31 Å². The highest BCUT2D eigenvalue weighted by molar-refractivity contribution is 7.89. The number of aryl methyl sites for hydroxylation is 1. The molecular formula is C14H19N3O4S. The second kappa shape index (κ2) is 5.85. The van der Waals surface area contributed by atoms with E-state index >= 15 is 0 Å². The summed E-state index contributed by atoms with van der Waals surface area (Å²) >= 11 is 0. The highest BCUT2D eigenvalue weighted by atomic mass is 32.2. The van der Waals surface area contributed by atoms with Crippen LogP contribution in [0.2, 0.25) is 0 Å². The average molecular weight is 325 g/mol. The van der Waals surface area contributed by atoms with Crippen molar-refractivity contribution in [2.45, 2.75) is 32.6 Å². The van der Waals surface area contributed by atoms with E-state index in [1.807, 2.05) is 13.0 Å². The average Bonchev–Trinajstić information content (AvgIpc) is 3.16. The van der Waals surface area contributed by atoms with Gasteiger partial charge >= 0.3 is 0 Å². The summed E-state index contributed by atoms with van der Waals surface area (Å²) in [6.45, 7) is 4.52. The minimum atomic E-state index is -3.11. The first-order valence-corrected chi connectivity index (χ1v) is 8.98. The standard InChI is InChI=1S/C14H19N3O4S/c1-3-22(18,19)17-8-6-11(7-9-17)14-15-13(16-21-14)12-5-4-10(2)20-12/h4-5,11H,3,6-9H2,1-2H3. The van der Waals surface area contributed by atoms with Gasteiger partial charge in [-0.1, -0.05) is 5.16 Å². The lowest BCUT2D eigenvalue weighted by Crippen LogP contribution is -2.38. The Morgan fingerprint density at radius 1 is 1.32 bits per heavy atom. The summed E-state index contributed by atoms with van der Waals surface area (Å²) in [5.74, 6) is 2.60. The monoisotopic (exact) mass is 325 g/mol. The van der Waals surface area contributed by atoms with Gasteiger partial charge in [0.05, 0.1) is 5.75 Å². The van der Waals surface area contributed by atoms with Crippen LogP contribution in [0.5, 0.6) is 0 Å². The Balaban J connectivity index is 1.68. The number of aromatic nitrogens is 2. The van der Waals surface area contributed by atoms with Gasteiger partial charge in [-0.05, 0) is 38.8 Å². The number of nitrogens with zero attached hydrogens (tertiary/aromatic N) is 3. The van der Waals surface area contributed by atoms with Crippen LogP contribution in [0.4, 0.5) is 0 Å². The molecule has 0 bridgehead atoms. The lowest BCUT2D eigenvalue weighted by atomic mass is 9.98. The van der Waals surface area contributed by atoms with E-state index in [0.29, 0.717) is 43.4 Å². The molecule has 0 aliphatic carbocycles. The molecule has 0 aromatic carbocycles. The van der Waals surface area contributed by atoms with E-state index in [0.717, 1.165) is 5.76 Å². The third-order valence-electron chi connectivity index (χ3n) is 3.96. The largest absolute Gasteiger partial charge is 0.458 e. The molecule has 0 atom stereocenters. The Kier molecular flexibility index (Phi) is 4.05. The fraction of sp³-hybridized carbons (Fsp3) is 0.571. The fourth-order valence-corrected chi connectivity index (χ4v) is 3.75. The van der Waals surface area contributed by atoms with Crippen LogP contribution < -0.4 is 0 Å². The van der Waals surface area contributed by atoms with Gasteiger partial charge in [0.25, 0.3) is 0 Å². The van der Waals surface area contributed by atoms with Gasteiger partial charge in [-0.25, -0.2) is 12.7 Å². The van der Waals surface area contributed by atoms with Crippen molar-refractivity contribution in [1.82, 2.24) is 14.4 Å². The second-order valence-corrected chi connectivity index (χ2v) is 7.70. The number of rotatable bonds is 4. The molecule has 0 spiro atoms. The van der Waals surface area contributed by atoms with E-state index in [9.17, 15) is 8.42 Å². The summed E-state index contributed by atoms with van der Waals surface area (Å²) < 4.78 is 36.0. The molecule has 1 fully saturated rings. The van der Waals surface area contributed by atoms with Gasteiger partial charge in [0.1, 0.15) is 5.76 Å². The van der Waals surface area contributed by atoms with Gasteiger partial charge in [0.2, 0.25) is 21.7 Å². The predicted molar refractivity (Wildman–Crippen MR) is 79.7 cm³/mol. The zero-order valence-electron chi connectivity index (χ0n) is 12.7. The minimum Gasteiger partial charge on any atom is -0.458 e. The third-order valence-corrected chi connectivity index (χ3v) is 5.85. The summed E-state index contributed by atoms with van der Waals surface area (Å²) in [6.07, 6.45) is 1.39. The molecule has 0 N–H and O–H groups in total. The van der Waals surface area contributed by atoms with Crippen molar-refractivity contribution in [2.24, 2.45) is 0 Å². The first kappa shape index (κ1) is 15.2. The summed E-state index contributed by atoms with van der Waals surface area (Å²) in [5, 5.41) is 3.95. The molecule has 1 aliphatic rings. The molecule has 120 valence electrons.